The van der Waals surface area contributed by atoms with Gasteiger partial charge in [0.25, 0.3) is 6.43 Å². The molecule has 0 saturated carbocycles. The standard InChI is InChI=1S/C11H6F5NO2S/c12-10(13)5-1-2-8(20-11(14,15)16)6(3-9(18)19)7(5)4-17/h1-2,10H,3H2,(H,18,19). The Balaban J connectivity index is 3.46. The Labute approximate surface area is 114 Å². The molecule has 0 fully saturated rings. The Morgan fingerprint density at radius 3 is 2.40 bits per heavy atom. The van der Waals surface area contributed by atoms with E-state index >= 15 is 0 Å². The van der Waals surface area contributed by atoms with E-state index in [2.05, 4.69) is 0 Å². The lowest BCUT2D eigenvalue weighted by Crippen LogP contribution is -2.09. The monoisotopic (exact) mass is 311 g/mol. The first kappa shape index (κ1) is 16.2. The van der Waals surface area contributed by atoms with Crippen LogP contribution in [0.3, 0.4) is 0 Å². The number of rotatable bonds is 4. The summed E-state index contributed by atoms with van der Waals surface area (Å²) in [6.07, 6.45) is -4.02. The van der Waals surface area contributed by atoms with Crippen molar-refractivity contribution in [3.8, 4) is 6.07 Å². The van der Waals surface area contributed by atoms with E-state index in [9.17, 15) is 26.7 Å². The van der Waals surface area contributed by atoms with Crippen LogP contribution in [0, 0.1) is 11.3 Å². The zero-order valence-electron chi connectivity index (χ0n) is 9.54. The van der Waals surface area contributed by atoms with Crippen LogP contribution in [-0.2, 0) is 11.2 Å². The molecule has 20 heavy (non-hydrogen) atoms. The molecule has 0 saturated heterocycles. The molecule has 0 heterocycles. The van der Waals surface area contributed by atoms with Gasteiger partial charge >= 0.3 is 11.5 Å². The van der Waals surface area contributed by atoms with Crippen LogP contribution < -0.4 is 0 Å². The van der Waals surface area contributed by atoms with E-state index < -0.39 is 57.7 Å². The summed E-state index contributed by atoms with van der Waals surface area (Å²) in [6.45, 7) is 0. The zero-order valence-corrected chi connectivity index (χ0v) is 10.4. The highest BCUT2D eigenvalue weighted by Crippen LogP contribution is 2.41. The van der Waals surface area contributed by atoms with Gasteiger partial charge in [-0.2, -0.15) is 18.4 Å². The summed E-state index contributed by atoms with van der Waals surface area (Å²) in [4.78, 5) is 10.1. The molecule has 108 valence electrons. The molecular weight excluding hydrogens is 305 g/mol. The summed E-state index contributed by atoms with van der Waals surface area (Å²) >= 11 is -0.640. The number of thioether (sulfide) groups is 1. The molecule has 0 atom stereocenters. The first-order chi connectivity index (χ1) is 9.15. The maximum Gasteiger partial charge on any atom is 0.446 e. The van der Waals surface area contributed by atoms with Gasteiger partial charge in [-0.3, -0.25) is 4.79 Å². The van der Waals surface area contributed by atoms with E-state index in [1.807, 2.05) is 0 Å². The SMILES string of the molecule is N#Cc1c(C(F)F)ccc(SC(F)(F)F)c1CC(=O)O. The maximum atomic E-state index is 12.7. The van der Waals surface area contributed by atoms with E-state index in [0.29, 0.717) is 6.07 Å². The highest BCUT2D eigenvalue weighted by atomic mass is 32.2. The number of aliphatic carboxylic acids is 1. The number of nitrogens with zero attached hydrogens (tertiary/aromatic N) is 1. The van der Waals surface area contributed by atoms with Crippen molar-refractivity contribution in [2.45, 2.75) is 23.3 Å². The molecular formula is C11H6F5NO2S. The van der Waals surface area contributed by atoms with Gasteiger partial charge in [0.1, 0.15) is 0 Å². The summed E-state index contributed by atoms with van der Waals surface area (Å²) in [5, 5.41) is 17.5. The molecule has 0 amide bonds. The first-order valence-corrected chi connectivity index (χ1v) is 5.79. The first-order valence-electron chi connectivity index (χ1n) is 4.97. The predicted molar refractivity (Wildman–Crippen MR) is 59.4 cm³/mol. The van der Waals surface area contributed by atoms with Crippen molar-refractivity contribution in [2.75, 3.05) is 0 Å². The van der Waals surface area contributed by atoms with Gasteiger partial charge in [-0.1, -0.05) is 6.07 Å². The Kier molecular flexibility index (Phi) is 4.94. The Morgan fingerprint density at radius 1 is 1.40 bits per heavy atom. The average Bonchev–Trinajstić information content (AvgIpc) is 2.28. The van der Waals surface area contributed by atoms with E-state index in [-0.39, 0.29) is 0 Å². The summed E-state index contributed by atoms with van der Waals surface area (Å²) in [5.41, 5.74) is -6.78. The highest BCUT2D eigenvalue weighted by molar-refractivity contribution is 8.00. The average molecular weight is 311 g/mol. The molecule has 3 nitrogen and oxygen atoms in total. The van der Waals surface area contributed by atoms with E-state index in [1.165, 1.54) is 6.07 Å². The molecule has 0 aromatic heterocycles. The fraction of sp³-hybridized carbons (Fsp3) is 0.273. The van der Waals surface area contributed by atoms with Crippen LogP contribution in [0.1, 0.15) is 23.1 Å². The third kappa shape index (κ3) is 4.09. The van der Waals surface area contributed by atoms with E-state index in [0.717, 1.165) is 6.07 Å². The zero-order chi connectivity index (χ0) is 15.5. The van der Waals surface area contributed by atoms with Gasteiger partial charge in [-0.25, -0.2) is 8.78 Å². The number of benzene rings is 1. The molecule has 0 bridgehead atoms. The third-order valence-corrected chi connectivity index (χ3v) is 3.04. The molecule has 1 aromatic carbocycles. The number of halogens is 5. The van der Waals surface area contributed by atoms with Gasteiger partial charge in [0.15, 0.2) is 0 Å². The van der Waals surface area contributed by atoms with Crippen molar-refractivity contribution in [3.63, 3.8) is 0 Å². The van der Waals surface area contributed by atoms with Crippen LogP contribution in [0.2, 0.25) is 0 Å². The summed E-state index contributed by atoms with van der Waals surface area (Å²) in [6, 6.07) is 2.80. The number of hydrogen-bond acceptors (Lipinski definition) is 3. The minimum atomic E-state index is -4.72. The van der Waals surface area contributed by atoms with Crippen molar-refractivity contribution in [1.82, 2.24) is 0 Å². The molecule has 0 aliphatic carbocycles. The fourth-order valence-electron chi connectivity index (χ4n) is 1.51. The van der Waals surface area contributed by atoms with Crippen molar-refractivity contribution < 1.29 is 31.9 Å². The van der Waals surface area contributed by atoms with Gasteiger partial charge in [-0.05, 0) is 23.4 Å². The number of carbonyl (C=O) groups is 1. The molecule has 1 aromatic rings. The van der Waals surface area contributed by atoms with Gasteiger partial charge in [0.05, 0.1) is 18.1 Å². The molecule has 1 rings (SSSR count). The quantitative estimate of drug-likeness (QED) is 0.680. The minimum absolute atomic E-state index is 0.555. The maximum absolute atomic E-state index is 12.7. The molecule has 0 aliphatic heterocycles. The van der Waals surface area contributed by atoms with Gasteiger partial charge in [0, 0.05) is 10.5 Å². The van der Waals surface area contributed by atoms with Crippen LogP contribution in [0.15, 0.2) is 17.0 Å². The van der Waals surface area contributed by atoms with E-state index in [4.69, 9.17) is 10.4 Å². The molecule has 0 aliphatic rings. The largest absolute Gasteiger partial charge is 0.481 e. The Bertz CT molecular complexity index is 565. The lowest BCUT2D eigenvalue weighted by Gasteiger charge is -2.14. The number of nitriles is 1. The van der Waals surface area contributed by atoms with Crippen molar-refractivity contribution in [1.29, 1.82) is 5.26 Å². The molecule has 0 spiro atoms. The third-order valence-electron chi connectivity index (χ3n) is 2.20. The van der Waals surface area contributed by atoms with Gasteiger partial charge < -0.3 is 5.11 Å². The minimum Gasteiger partial charge on any atom is -0.481 e. The number of carboxylic acids is 1. The fourth-order valence-corrected chi connectivity index (χ4v) is 2.19. The van der Waals surface area contributed by atoms with Crippen LogP contribution >= 0.6 is 11.8 Å². The molecule has 0 unspecified atom stereocenters. The van der Waals surface area contributed by atoms with Crippen LogP contribution in [0.4, 0.5) is 22.0 Å². The smallest absolute Gasteiger partial charge is 0.446 e. The molecule has 0 radical (unpaired) electrons. The predicted octanol–water partition coefficient (Wildman–Crippen LogP) is 3.73. The van der Waals surface area contributed by atoms with Crippen molar-refractivity contribution in [2.24, 2.45) is 0 Å². The Hall–Kier alpha value is -1.82. The lowest BCUT2D eigenvalue weighted by atomic mass is 10.00. The lowest BCUT2D eigenvalue weighted by molar-refractivity contribution is -0.136. The van der Waals surface area contributed by atoms with Crippen molar-refractivity contribution in [3.05, 3.63) is 28.8 Å². The second-order valence-electron chi connectivity index (χ2n) is 3.54. The number of hydrogen-bond donors (Lipinski definition) is 1. The van der Waals surface area contributed by atoms with Crippen LogP contribution in [0.25, 0.3) is 0 Å². The second-order valence-corrected chi connectivity index (χ2v) is 4.64. The summed E-state index contributed by atoms with van der Waals surface area (Å²) in [5.74, 6) is -1.52. The highest BCUT2D eigenvalue weighted by Gasteiger charge is 2.32. The molecule has 1 N–H and O–H groups in total. The normalized spacial score (nSPS) is 11.4. The van der Waals surface area contributed by atoms with Crippen LogP contribution in [-0.4, -0.2) is 16.6 Å². The molecule has 9 heteroatoms. The topological polar surface area (TPSA) is 61.1 Å². The van der Waals surface area contributed by atoms with Gasteiger partial charge in [-0.15, -0.1) is 0 Å². The van der Waals surface area contributed by atoms with Gasteiger partial charge in [0.2, 0.25) is 0 Å². The van der Waals surface area contributed by atoms with E-state index in [1.54, 1.807) is 0 Å². The van der Waals surface area contributed by atoms with Crippen LogP contribution in [0.5, 0.6) is 0 Å². The summed E-state index contributed by atoms with van der Waals surface area (Å²) in [7, 11) is 0. The van der Waals surface area contributed by atoms with Crippen molar-refractivity contribution >= 4 is 17.7 Å². The Morgan fingerprint density at radius 2 is 2.00 bits per heavy atom. The summed E-state index contributed by atoms with van der Waals surface area (Å²) < 4.78 is 62.4. The second kappa shape index (κ2) is 6.09. The number of carboxylic acid groups (broad SMARTS) is 1. The number of alkyl halides is 5.